The molecule has 0 atom stereocenters. The third-order valence-electron chi connectivity index (χ3n) is 4.04. The summed E-state index contributed by atoms with van der Waals surface area (Å²) in [7, 11) is -3.31. The zero-order valence-corrected chi connectivity index (χ0v) is 12.8. The molecule has 0 radical (unpaired) electrons. The molecular formula is C15H21N3O2S. The van der Waals surface area contributed by atoms with Crippen LogP contribution in [0.4, 0.5) is 0 Å². The summed E-state index contributed by atoms with van der Waals surface area (Å²) in [4.78, 5) is 0. The second kappa shape index (κ2) is 6.27. The molecule has 2 aliphatic rings. The second-order valence-corrected chi connectivity index (χ2v) is 7.29. The van der Waals surface area contributed by atoms with Gasteiger partial charge in [-0.2, -0.15) is 17.0 Å². The molecule has 0 aromatic heterocycles. The number of hydrogen-bond donors (Lipinski definition) is 1. The van der Waals surface area contributed by atoms with E-state index in [0.29, 0.717) is 26.2 Å². The van der Waals surface area contributed by atoms with Gasteiger partial charge in [0.2, 0.25) is 0 Å². The first kappa shape index (κ1) is 14.7. The molecule has 1 fully saturated rings. The number of nitrogens with one attached hydrogen (secondary N) is 1. The van der Waals surface area contributed by atoms with Crippen LogP contribution in [0.3, 0.4) is 0 Å². The molecule has 0 amide bonds. The molecule has 1 saturated heterocycles. The van der Waals surface area contributed by atoms with Crippen molar-refractivity contribution < 1.29 is 8.42 Å². The maximum atomic E-state index is 12.6. The van der Waals surface area contributed by atoms with Crippen LogP contribution in [0.25, 0.3) is 5.57 Å². The van der Waals surface area contributed by atoms with E-state index in [1.54, 1.807) is 8.61 Å². The highest BCUT2D eigenvalue weighted by molar-refractivity contribution is 7.86. The molecule has 3 rings (SSSR count). The van der Waals surface area contributed by atoms with Crippen LogP contribution >= 0.6 is 0 Å². The van der Waals surface area contributed by atoms with Crippen LogP contribution < -0.4 is 5.32 Å². The minimum atomic E-state index is -3.31. The number of rotatable bonds is 3. The first-order chi connectivity index (χ1) is 10.2. The predicted octanol–water partition coefficient (Wildman–Crippen LogP) is 0.926. The molecule has 0 spiro atoms. The number of benzene rings is 1. The normalized spacial score (nSPS) is 22.0. The van der Waals surface area contributed by atoms with Gasteiger partial charge >= 0.3 is 0 Å². The molecule has 0 saturated carbocycles. The Hall–Kier alpha value is -1.21. The molecule has 114 valence electrons. The van der Waals surface area contributed by atoms with E-state index in [1.807, 2.05) is 24.3 Å². The van der Waals surface area contributed by atoms with Gasteiger partial charge in [0.05, 0.1) is 0 Å². The Morgan fingerprint density at radius 2 is 1.67 bits per heavy atom. The third kappa shape index (κ3) is 3.18. The van der Waals surface area contributed by atoms with Crippen molar-refractivity contribution in [3.63, 3.8) is 0 Å². The summed E-state index contributed by atoms with van der Waals surface area (Å²) in [6.45, 7) is 3.63. The van der Waals surface area contributed by atoms with Gasteiger partial charge in [-0.1, -0.05) is 36.4 Å². The Labute approximate surface area is 126 Å². The summed E-state index contributed by atoms with van der Waals surface area (Å²) in [6.07, 6.45) is 2.81. The van der Waals surface area contributed by atoms with Gasteiger partial charge in [0.1, 0.15) is 0 Å². The SMILES string of the molecule is O=S(=O)(N1CC=C(c2ccccc2)CC1)N1CCNCC1. The highest BCUT2D eigenvalue weighted by Crippen LogP contribution is 2.24. The molecule has 2 heterocycles. The van der Waals surface area contributed by atoms with Gasteiger partial charge in [0.15, 0.2) is 0 Å². The molecule has 5 nitrogen and oxygen atoms in total. The van der Waals surface area contributed by atoms with Crippen LogP contribution in [0.5, 0.6) is 0 Å². The average molecular weight is 307 g/mol. The van der Waals surface area contributed by atoms with Crippen LogP contribution in [-0.2, 0) is 10.2 Å². The number of piperazine rings is 1. The second-order valence-electron chi connectivity index (χ2n) is 5.36. The molecular weight excluding hydrogens is 286 g/mol. The van der Waals surface area contributed by atoms with Crippen LogP contribution in [-0.4, -0.2) is 56.3 Å². The molecule has 0 bridgehead atoms. The number of hydrogen-bond acceptors (Lipinski definition) is 3. The first-order valence-corrected chi connectivity index (χ1v) is 8.78. The van der Waals surface area contributed by atoms with Gasteiger partial charge < -0.3 is 5.32 Å². The van der Waals surface area contributed by atoms with Gasteiger partial charge in [-0.15, -0.1) is 0 Å². The lowest BCUT2D eigenvalue weighted by Gasteiger charge is -2.33. The van der Waals surface area contributed by atoms with E-state index >= 15 is 0 Å². The van der Waals surface area contributed by atoms with Crippen molar-refractivity contribution in [1.82, 2.24) is 13.9 Å². The van der Waals surface area contributed by atoms with E-state index < -0.39 is 10.2 Å². The van der Waals surface area contributed by atoms with Crippen molar-refractivity contribution in [2.45, 2.75) is 6.42 Å². The van der Waals surface area contributed by atoms with Gasteiger partial charge in [-0.3, -0.25) is 0 Å². The molecule has 0 aliphatic carbocycles. The van der Waals surface area contributed by atoms with Crippen molar-refractivity contribution in [3.05, 3.63) is 42.0 Å². The van der Waals surface area contributed by atoms with Crippen molar-refractivity contribution >= 4 is 15.8 Å². The molecule has 21 heavy (non-hydrogen) atoms. The highest BCUT2D eigenvalue weighted by Gasteiger charge is 2.31. The zero-order valence-electron chi connectivity index (χ0n) is 12.0. The Morgan fingerprint density at radius 3 is 2.29 bits per heavy atom. The monoisotopic (exact) mass is 307 g/mol. The van der Waals surface area contributed by atoms with Crippen LogP contribution in [0, 0.1) is 0 Å². The number of nitrogens with zero attached hydrogens (tertiary/aromatic N) is 2. The summed E-state index contributed by atoms with van der Waals surface area (Å²) >= 11 is 0. The summed E-state index contributed by atoms with van der Waals surface area (Å²) in [5.74, 6) is 0. The maximum Gasteiger partial charge on any atom is 0.282 e. The van der Waals surface area contributed by atoms with E-state index in [1.165, 1.54) is 11.1 Å². The fourth-order valence-corrected chi connectivity index (χ4v) is 4.37. The van der Waals surface area contributed by atoms with Crippen molar-refractivity contribution in [2.75, 3.05) is 39.3 Å². The molecule has 1 aromatic carbocycles. The lowest BCUT2D eigenvalue weighted by molar-refractivity contribution is 0.319. The Kier molecular flexibility index (Phi) is 4.40. The Balaban J connectivity index is 1.71. The summed E-state index contributed by atoms with van der Waals surface area (Å²) in [5.41, 5.74) is 2.43. The maximum absolute atomic E-state index is 12.6. The summed E-state index contributed by atoms with van der Waals surface area (Å²) < 4.78 is 28.3. The van der Waals surface area contributed by atoms with Gasteiger partial charge in [-0.25, -0.2) is 0 Å². The van der Waals surface area contributed by atoms with Gasteiger partial charge in [-0.05, 0) is 17.6 Å². The van der Waals surface area contributed by atoms with Crippen LogP contribution in [0.1, 0.15) is 12.0 Å². The molecule has 2 aliphatic heterocycles. The lowest BCUT2D eigenvalue weighted by atomic mass is 10.0. The smallest absolute Gasteiger partial charge is 0.282 e. The predicted molar refractivity (Wildman–Crippen MR) is 84.0 cm³/mol. The molecule has 0 unspecified atom stereocenters. The Bertz CT molecular complexity index is 607. The molecule has 6 heteroatoms. The van der Waals surface area contributed by atoms with E-state index in [0.717, 1.165) is 19.5 Å². The van der Waals surface area contributed by atoms with E-state index in [4.69, 9.17) is 0 Å². The summed E-state index contributed by atoms with van der Waals surface area (Å²) in [5, 5.41) is 3.18. The molecule has 1 aromatic rings. The van der Waals surface area contributed by atoms with E-state index in [2.05, 4.69) is 17.4 Å². The first-order valence-electron chi connectivity index (χ1n) is 7.38. The lowest BCUT2D eigenvalue weighted by Crippen LogP contribution is -2.52. The zero-order chi connectivity index (χ0) is 14.7. The van der Waals surface area contributed by atoms with E-state index in [-0.39, 0.29) is 0 Å². The van der Waals surface area contributed by atoms with Crippen LogP contribution in [0.15, 0.2) is 36.4 Å². The topological polar surface area (TPSA) is 52.7 Å². The quantitative estimate of drug-likeness (QED) is 0.904. The minimum absolute atomic E-state index is 0.469. The average Bonchev–Trinajstić information content (AvgIpc) is 2.57. The van der Waals surface area contributed by atoms with Crippen molar-refractivity contribution in [2.24, 2.45) is 0 Å². The molecule has 1 N–H and O–H groups in total. The summed E-state index contributed by atoms with van der Waals surface area (Å²) in [6, 6.07) is 10.2. The largest absolute Gasteiger partial charge is 0.314 e. The fraction of sp³-hybridized carbons (Fsp3) is 0.467. The van der Waals surface area contributed by atoms with E-state index in [9.17, 15) is 8.42 Å². The minimum Gasteiger partial charge on any atom is -0.314 e. The standard InChI is InChI=1S/C15H21N3O2S/c19-21(20,18-12-8-16-9-13-18)17-10-6-15(7-11-17)14-4-2-1-3-5-14/h1-6,16H,7-13H2. The fourth-order valence-electron chi connectivity index (χ4n) is 2.81. The van der Waals surface area contributed by atoms with Crippen molar-refractivity contribution in [1.29, 1.82) is 0 Å². The van der Waals surface area contributed by atoms with Gasteiger partial charge in [0.25, 0.3) is 10.2 Å². The third-order valence-corrected chi connectivity index (χ3v) is 6.05. The van der Waals surface area contributed by atoms with Crippen molar-refractivity contribution in [3.8, 4) is 0 Å². The van der Waals surface area contributed by atoms with Gasteiger partial charge in [0, 0.05) is 39.3 Å². The van der Waals surface area contributed by atoms with Crippen LogP contribution in [0.2, 0.25) is 0 Å². The Morgan fingerprint density at radius 1 is 0.952 bits per heavy atom. The highest BCUT2D eigenvalue weighted by atomic mass is 32.2.